The summed E-state index contributed by atoms with van der Waals surface area (Å²) in [5, 5.41) is 0. The summed E-state index contributed by atoms with van der Waals surface area (Å²) in [6.45, 7) is 0. The van der Waals surface area contributed by atoms with Gasteiger partial charge >= 0.3 is 0 Å². The zero-order chi connectivity index (χ0) is 15.0. The molecule has 3 rings (SSSR count). The minimum Gasteiger partial charge on any atom is -0.341 e. The molecule has 1 heterocycles. The van der Waals surface area contributed by atoms with Gasteiger partial charge in [0.05, 0.1) is 10.8 Å². The highest BCUT2D eigenvalue weighted by molar-refractivity contribution is 8.00. The number of hydrogen-bond acceptors (Lipinski definition) is 4. The summed E-state index contributed by atoms with van der Waals surface area (Å²) < 4.78 is 26.7. The van der Waals surface area contributed by atoms with Crippen molar-refractivity contribution in [2.75, 3.05) is 18.7 Å². The molecular weight excluding hydrogens is 308 g/mol. The van der Waals surface area contributed by atoms with Gasteiger partial charge in [-0.15, -0.1) is 11.8 Å². The molecule has 1 aliphatic heterocycles. The van der Waals surface area contributed by atoms with Gasteiger partial charge in [-0.2, -0.15) is 4.31 Å². The third-order valence-electron chi connectivity index (χ3n) is 3.92. The van der Waals surface area contributed by atoms with E-state index in [0.717, 1.165) is 12.8 Å². The lowest BCUT2D eigenvalue weighted by Crippen LogP contribution is -2.48. The molecular formula is C14H18N2O3S2. The van der Waals surface area contributed by atoms with E-state index in [1.807, 2.05) is 0 Å². The van der Waals surface area contributed by atoms with Crippen LogP contribution in [0, 0.1) is 0 Å². The Hall–Kier alpha value is -1.05. The van der Waals surface area contributed by atoms with Crippen molar-refractivity contribution in [3.8, 4) is 0 Å². The van der Waals surface area contributed by atoms with E-state index in [1.165, 1.54) is 16.1 Å². The smallest absolute Gasteiger partial charge is 0.244 e. The van der Waals surface area contributed by atoms with E-state index in [1.54, 1.807) is 42.3 Å². The topological polar surface area (TPSA) is 57.7 Å². The summed E-state index contributed by atoms with van der Waals surface area (Å²) in [6.07, 6.45) is 2.04. The third-order valence-corrected chi connectivity index (χ3v) is 6.96. The molecule has 114 valence electrons. The second-order valence-electron chi connectivity index (χ2n) is 5.40. The first kappa shape index (κ1) is 14.9. The monoisotopic (exact) mass is 326 g/mol. The van der Waals surface area contributed by atoms with Crippen LogP contribution in [0.2, 0.25) is 0 Å². The Labute approximate surface area is 129 Å². The van der Waals surface area contributed by atoms with Crippen LogP contribution in [0.5, 0.6) is 0 Å². The van der Waals surface area contributed by atoms with Crippen LogP contribution in [-0.4, -0.2) is 54.3 Å². The number of nitrogens with zero attached hydrogens (tertiary/aromatic N) is 2. The maximum atomic E-state index is 12.7. The molecule has 21 heavy (non-hydrogen) atoms. The number of carbonyl (C=O) groups is 1. The summed E-state index contributed by atoms with van der Waals surface area (Å²) in [6, 6.07) is 8.04. The molecule has 1 aromatic rings. The van der Waals surface area contributed by atoms with E-state index in [0.29, 0.717) is 17.7 Å². The fraction of sp³-hybridized carbons (Fsp3) is 0.500. The molecule has 0 N–H and O–H groups in total. The van der Waals surface area contributed by atoms with Crippen LogP contribution in [0.1, 0.15) is 12.8 Å². The molecule has 0 spiro atoms. The Morgan fingerprint density at radius 3 is 2.57 bits per heavy atom. The molecule has 1 atom stereocenters. The van der Waals surface area contributed by atoms with Crippen molar-refractivity contribution in [3.05, 3.63) is 30.3 Å². The van der Waals surface area contributed by atoms with E-state index in [-0.39, 0.29) is 10.8 Å². The summed E-state index contributed by atoms with van der Waals surface area (Å²) in [4.78, 5) is 14.5. The van der Waals surface area contributed by atoms with Crippen molar-refractivity contribution < 1.29 is 13.2 Å². The Balaban J connectivity index is 1.85. The molecule has 1 saturated heterocycles. The van der Waals surface area contributed by atoms with Gasteiger partial charge in [-0.25, -0.2) is 8.42 Å². The average Bonchev–Trinajstić information content (AvgIpc) is 3.22. The highest BCUT2D eigenvalue weighted by Crippen LogP contribution is 2.32. The van der Waals surface area contributed by atoms with E-state index in [2.05, 4.69) is 0 Å². The lowest BCUT2D eigenvalue weighted by Gasteiger charge is -2.26. The first-order chi connectivity index (χ1) is 10.0. The molecule has 5 nitrogen and oxygen atoms in total. The Morgan fingerprint density at radius 2 is 1.95 bits per heavy atom. The molecule has 1 aromatic carbocycles. The lowest BCUT2D eigenvalue weighted by atomic mass is 10.3. The molecule has 7 heteroatoms. The molecule has 0 radical (unpaired) electrons. The van der Waals surface area contributed by atoms with Gasteiger partial charge in [0, 0.05) is 18.8 Å². The summed E-state index contributed by atoms with van der Waals surface area (Å²) >= 11 is 1.49. The van der Waals surface area contributed by atoms with Gasteiger partial charge in [-0.3, -0.25) is 4.79 Å². The van der Waals surface area contributed by atoms with Crippen LogP contribution in [0.25, 0.3) is 0 Å². The van der Waals surface area contributed by atoms with Gasteiger partial charge in [0.25, 0.3) is 0 Å². The molecule has 1 amide bonds. The number of hydrogen-bond donors (Lipinski definition) is 0. The van der Waals surface area contributed by atoms with Crippen molar-refractivity contribution in [2.24, 2.45) is 0 Å². The van der Waals surface area contributed by atoms with Crippen LogP contribution in [0.15, 0.2) is 35.2 Å². The number of thioether (sulfide) groups is 1. The number of carbonyl (C=O) groups excluding carboxylic acids is 1. The maximum absolute atomic E-state index is 12.7. The highest BCUT2D eigenvalue weighted by atomic mass is 32.2. The summed E-state index contributed by atoms with van der Waals surface area (Å²) in [5.41, 5.74) is 0. The van der Waals surface area contributed by atoms with Crippen LogP contribution in [-0.2, 0) is 14.8 Å². The van der Waals surface area contributed by atoms with E-state index in [4.69, 9.17) is 0 Å². The van der Waals surface area contributed by atoms with Crippen molar-refractivity contribution in [3.63, 3.8) is 0 Å². The van der Waals surface area contributed by atoms with E-state index >= 15 is 0 Å². The highest BCUT2D eigenvalue weighted by Gasteiger charge is 2.43. The Kier molecular flexibility index (Phi) is 3.98. The maximum Gasteiger partial charge on any atom is 0.244 e. The quantitative estimate of drug-likeness (QED) is 0.838. The largest absolute Gasteiger partial charge is 0.341 e. The first-order valence-corrected chi connectivity index (χ1v) is 9.52. The fourth-order valence-corrected chi connectivity index (χ4v) is 5.62. The molecule has 1 aliphatic carbocycles. The van der Waals surface area contributed by atoms with E-state index in [9.17, 15) is 13.2 Å². The number of rotatable bonds is 4. The van der Waals surface area contributed by atoms with Crippen molar-refractivity contribution in [1.82, 2.24) is 9.21 Å². The molecule has 0 bridgehead atoms. The Bertz CT molecular complexity index is 629. The van der Waals surface area contributed by atoms with Crippen LogP contribution >= 0.6 is 11.8 Å². The zero-order valence-corrected chi connectivity index (χ0v) is 13.4. The molecule has 2 aliphatic rings. The standard InChI is InChI=1S/C14H18N2O3S2/c1-15(11-7-8-11)14(17)13-9-20-10-16(13)21(18,19)12-5-3-2-4-6-12/h2-6,11,13H,7-10H2,1H3/t13-/m0/s1. The SMILES string of the molecule is CN(C(=O)[C@@H]1CSCN1S(=O)(=O)c1ccccc1)C1CC1. The summed E-state index contributed by atoms with van der Waals surface area (Å²) in [5.74, 6) is 0.788. The van der Waals surface area contributed by atoms with Gasteiger partial charge in [-0.05, 0) is 25.0 Å². The van der Waals surface area contributed by atoms with Gasteiger partial charge in [0.15, 0.2) is 0 Å². The van der Waals surface area contributed by atoms with Crippen molar-refractivity contribution in [1.29, 1.82) is 0 Å². The predicted molar refractivity (Wildman–Crippen MR) is 82.4 cm³/mol. The van der Waals surface area contributed by atoms with Gasteiger partial charge < -0.3 is 4.90 Å². The van der Waals surface area contributed by atoms with Crippen LogP contribution in [0.3, 0.4) is 0 Å². The van der Waals surface area contributed by atoms with Gasteiger partial charge in [-0.1, -0.05) is 18.2 Å². The molecule has 1 saturated carbocycles. The van der Waals surface area contributed by atoms with Crippen LogP contribution < -0.4 is 0 Å². The minimum atomic E-state index is -3.61. The zero-order valence-electron chi connectivity index (χ0n) is 11.8. The molecule has 0 aromatic heterocycles. The molecule has 2 fully saturated rings. The third kappa shape index (κ3) is 2.82. The first-order valence-electron chi connectivity index (χ1n) is 6.93. The second-order valence-corrected chi connectivity index (χ2v) is 8.29. The number of amides is 1. The van der Waals surface area contributed by atoms with Crippen molar-refractivity contribution in [2.45, 2.75) is 29.8 Å². The Morgan fingerprint density at radius 1 is 1.29 bits per heavy atom. The lowest BCUT2D eigenvalue weighted by molar-refractivity contribution is -0.133. The van der Waals surface area contributed by atoms with E-state index < -0.39 is 16.1 Å². The number of likely N-dealkylation sites (N-methyl/N-ethyl adjacent to an activating group) is 1. The average molecular weight is 326 g/mol. The normalized spacial score (nSPS) is 23.2. The van der Waals surface area contributed by atoms with Crippen molar-refractivity contribution >= 4 is 27.7 Å². The fourth-order valence-electron chi connectivity index (χ4n) is 2.46. The minimum absolute atomic E-state index is 0.0815. The van der Waals surface area contributed by atoms with Gasteiger partial charge in [0.2, 0.25) is 15.9 Å². The second kappa shape index (κ2) is 5.62. The summed E-state index contributed by atoms with van der Waals surface area (Å²) in [7, 11) is -1.83. The van der Waals surface area contributed by atoms with Crippen LogP contribution in [0.4, 0.5) is 0 Å². The molecule has 0 unspecified atom stereocenters. The van der Waals surface area contributed by atoms with Gasteiger partial charge in [0.1, 0.15) is 6.04 Å². The predicted octanol–water partition coefficient (Wildman–Crippen LogP) is 1.37. The number of sulfonamides is 1. The number of benzene rings is 1.